The van der Waals surface area contributed by atoms with E-state index in [2.05, 4.69) is 0 Å². The Morgan fingerprint density at radius 2 is 1.71 bits per heavy atom. The molecule has 1 amide bonds. The molecule has 0 bridgehead atoms. The highest BCUT2D eigenvalue weighted by Gasteiger charge is 2.36. The highest BCUT2D eigenvalue weighted by Crippen LogP contribution is 2.27. The fourth-order valence-electron chi connectivity index (χ4n) is 4.36. The number of aryl methyl sites for hydroxylation is 1. The predicted octanol–water partition coefficient (Wildman–Crippen LogP) is 2.30. The molecule has 2 atom stereocenters. The minimum absolute atomic E-state index is 0.0000618. The van der Waals surface area contributed by atoms with Gasteiger partial charge in [-0.3, -0.25) is 4.79 Å². The molecule has 0 unspecified atom stereocenters. The highest BCUT2D eigenvalue weighted by atomic mass is 32.2. The Labute approximate surface area is 168 Å². The van der Waals surface area contributed by atoms with Crippen LogP contribution in [0.25, 0.3) is 0 Å². The minimum atomic E-state index is -3.38. The third-order valence-electron chi connectivity index (χ3n) is 6.21. The van der Waals surface area contributed by atoms with E-state index in [-0.39, 0.29) is 23.6 Å². The van der Waals surface area contributed by atoms with Gasteiger partial charge in [-0.15, -0.1) is 0 Å². The summed E-state index contributed by atoms with van der Waals surface area (Å²) in [4.78, 5) is 14.6. The van der Waals surface area contributed by atoms with Crippen molar-refractivity contribution in [3.8, 4) is 0 Å². The van der Waals surface area contributed by atoms with Crippen LogP contribution in [0.3, 0.4) is 0 Å². The molecule has 0 radical (unpaired) electrons. The smallest absolute Gasteiger partial charge is 0.225 e. The maximum absolute atomic E-state index is 12.9. The first kappa shape index (κ1) is 21.3. The lowest BCUT2D eigenvalue weighted by molar-refractivity contribution is -0.141. The second-order valence-electron chi connectivity index (χ2n) is 8.28. The Balaban J connectivity index is 1.55. The summed E-state index contributed by atoms with van der Waals surface area (Å²) in [5.74, 6) is -0.119. The molecule has 1 heterocycles. The highest BCUT2D eigenvalue weighted by molar-refractivity contribution is 7.88. The summed E-state index contributed by atoms with van der Waals surface area (Å²) in [6.45, 7) is 2.74. The van der Waals surface area contributed by atoms with Crippen LogP contribution in [0.15, 0.2) is 24.3 Å². The first-order valence-electron chi connectivity index (χ1n) is 10.3. The van der Waals surface area contributed by atoms with E-state index < -0.39 is 16.1 Å². The van der Waals surface area contributed by atoms with Gasteiger partial charge in [-0.2, -0.15) is 0 Å². The van der Waals surface area contributed by atoms with Gasteiger partial charge < -0.3 is 10.0 Å². The van der Waals surface area contributed by atoms with Crippen molar-refractivity contribution in [2.45, 2.75) is 63.3 Å². The summed E-state index contributed by atoms with van der Waals surface area (Å²) >= 11 is 0. The predicted molar refractivity (Wildman–Crippen MR) is 109 cm³/mol. The van der Waals surface area contributed by atoms with Crippen molar-refractivity contribution < 1.29 is 18.3 Å². The molecule has 1 aliphatic carbocycles. The van der Waals surface area contributed by atoms with Gasteiger partial charge in [0.25, 0.3) is 0 Å². The van der Waals surface area contributed by atoms with E-state index in [1.807, 2.05) is 31.2 Å². The van der Waals surface area contributed by atoms with Crippen LogP contribution in [-0.2, 0) is 20.6 Å². The van der Waals surface area contributed by atoms with Crippen LogP contribution in [0.2, 0.25) is 0 Å². The van der Waals surface area contributed by atoms with Gasteiger partial charge in [-0.05, 0) is 38.2 Å². The molecule has 1 aromatic rings. The molecule has 1 N–H and O–H groups in total. The van der Waals surface area contributed by atoms with Crippen LogP contribution in [-0.4, -0.2) is 60.9 Å². The number of aliphatic hydroxyl groups is 1. The van der Waals surface area contributed by atoms with E-state index in [0.717, 1.165) is 36.8 Å². The maximum Gasteiger partial charge on any atom is 0.225 e. The van der Waals surface area contributed by atoms with Gasteiger partial charge in [0.2, 0.25) is 15.9 Å². The van der Waals surface area contributed by atoms with Gasteiger partial charge >= 0.3 is 0 Å². The zero-order valence-electron chi connectivity index (χ0n) is 16.9. The fraction of sp³-hybridized carbons (Fsp3) is 0.667. The number of carbonyl (C=O) groups is 1. The molecule has 2 fully saturated rings. The third-order valence-corrected chi connectivity index (χ3v) is 8.06. The minimum Gasteiger partial charge on any atom is -0.391 e. The topological polar surface area (TPSA) is 77.9 Å². The van der Waals surface area contributed by atoms with Crippen LogP contribution >= 0.6 is 0 Å². The van der Waals surface area contributed by atoms with Gasteiger partial charge in [-0.1, -0.05) is 42.7 Å². The van der Waals surface area contributed by atoms with Gasteiger partial charge in [0.15, 0.2) is 0 Å². The third kappa shape index (κ3) is 4.93. The van der Waals surface area contributed by atoms with Crippen LogP contribution < -0.4 is 0 Å². The number of nitrogens with zero attached hydrogens (tertiary/aromatic N) is 2. The molecule has 2 aliphatic rings. The molecule has 6 nitrogen and oxygen atoms in total. The van der Waals surface area contributed by atoms with Crippen LogP contribution in [0.5, 0.6) is 0 Å². The van der Waals surface area contributed by atoms with Gasteiger partial charge in [0.05, 0.1) is 17.9 Å². The Morgan fingerprint density at radius 3 is 2.32 bits per heavy atom. The number of carbonyl (C=O) groups excluding carboxylic acids is 1. The first-order chi connectivity index (χ1) is 13.3. The van der Waals surface area contributed by atoms with Crippen molar-refractivity contribution in [1.82, 2.24) is 9.21 Å². The largest absolute Gasteiger partial charge is 0.391 e. The molecule has 1 saturated heterocycles. The average molecular weight is 409 g/mol. The summed E-state index contributed by atoms with van der Waals surface area (Å²) in [6.07, 6.45) is 4.27. The Morgan fingerprint density at radius 1 is 1.11 bits per heavy atom. The van der Waals surface area contributed by atoms with E-state index in [1.165, 1.54) is 4.31 Å². The first-order valence-corrected chi connectivity index (χ1v) is 11.9. The lowest BCUT2D eigenvalue weighted by Gasteiger charge is -2.38. The van der Waals surface area contributed by atoms with Crippen molar-refractivity contribution in [1.29, 1.82) is 0 Å². The standard InChI is InChI=1S/C21H32N2O4S/c1-16-7-9-17(10-8-16)15-28(26,27)23-13-11-18(12-14-23)21(25)22(2)19-5-3-4-6-20(19)24/h7-10,18-20,24H,3-6,11-15H2,1-2H3/t19-,20+/m1/s1. The van der Waals surface area contributed by atoms with E-state index >= 15 is 0 Å². The molecular weight excluding hydrogens is 376 g/mol. The SMILES string of the molecule is Cc1ccc(CS(=O)(=O)N2CCC(C(=O)N(C)[C@@H]3CCCC[C@@H]3O)CC2)cc1. The van der Waals surface area contributed by atoms with Crippen molar-refractivity contribution in [3.63, 3.8) is 0 Å². The number of amides is 1. The number of rotatable bonds is 5. The summed E-state index contributed by atoms with van der Waals surface area (Å²) < 4.78 is 27.0. The van der Waals surface area contributed by atoms with Crippen molar-refractivity contribution in [2.24, 2.45) is 5.92 Å². The van der Waals surface area contributed by atoms with Crippen molar-refractivity contribution in [2.75, 3.05) is 20.1 Å². The van der Waals surface area contributed by atoms with Crippen LogP contribution in [0.1, 0.15) is 49.7 Å². The molecule has 0 aromatic heterocycles. The average Bonchev–Trinajstić information content (AvgIpc) is 2.69. The summed E-state index contributed by atoms with van der Waals surface area (Å²) in [5.41, 5.74) is 1.89. The van der Waals surface area contributed by atoms with Crippen LogP contribution in [0.4, 0.5) is 0 Å². The van der Waals surface area contributed by atoms with Crippen molar-refractivity contribution in [3.05, 3.63) is 35.4 Å². The zero-order chi connectivity index (χ0) is 20.3. The van der Waals surface area contributed by atoms with E-state index in [4.69, 9.17) is 0 Å². The fourth-order valence-corrected chi connectivity index (χ4v) is 5.93. The molecule has 156 valence electrons. The van der Waals surface area contributed by atoms with E-state index in [0.29, 0.717) is 25.9 Å². The second kappa shape index (κ2) is 8.93. The number of aliphatic hydroxyl groups excluding tert-OH is 1. The Bertz CT molecular complexity index is 770. The number of likely N-dealkylation sites (N-methyl/N-ethyl adjacent to an activating group) is 1. The van der Waals surface area contributed by atoms with E-state index in [1.54, 1.807) is 11.9 Å². The molecule has 28 heavy (non-hydrogen) atoms. The van der Waals surface area contributed by atoms with Gasteiger partial charge in [0.1, 0.15) is 0 Å². The quantitative estimate of drug-likeness (QED) is 0.811. The number of hydrogen-bond acceptors (Lipinski definition) is 4. The molecule has 1 saturated carbocycles. The zero-order valence-corrected chi connectivity index (χ0v) is 17.7. The lowest BCUT2D eigenvalue weighted by atomic mass is 9.89. The number of hydrogen-bond donors (Lipinski definition) is 1. The van der Waals surface area contributed by atoms with Crippen LogP contribution in [0, 0.1) is 12.8 Å². The monoisotopic (exact) mass is 408 g/mol. The second-order valence-corrected chi connectivity index (χ2v) is 10.3. The van der Waals surface area contributed by atoms with Gasteiger partial charge in [0, 0.05) is 26.1 Å². The van der Waals surface area contributed by atoms with E-state index in [9.17, 15) is 18.3 Å². The normalized spacial score (nSPS) is 24.8. The molecule has 1 aromatic carbocycles. The Hall–Kier alpha value is -1.44. The molecule has 7 heteroatoms. The maximum atomic E-state index is 12.9. The number of benzene rings is 1. The summed E-state index contributed by atoms with van der Waals surface area (Å²) in [6, 6.07) is 7.45. The summed E-state index contributed by atoms with van der Waals surface area (Å²) in [5, 5.41) is 10.2. The Kier molecular flexibility index (Phi) is 6.78. The molecular formula is C21H32N2O4S. The molecule has 3 rings (SSSR count). The number of sulfonamides is 1. The molecule has 1 aliphatic heterocycles. The number of piperidine rings is 1. The van der Waals surface area contributed by atoms with Crippen molar-refractivity contribution >= 4 is 15.9 Å². The molecule has 0 spiro atoms. The summed E-state index contributed by atoms with van der Waals surface area (Å²) in [7, 11) is -1.60. The lowest BCUT2D eigenvalue weighted by Crippen LogP contribution is -2.50. The van der Waals surface area contributed by atoms with Gasteiger partial charge in [-0.25, -0.2) is 12.7 Å².